The summed E-state index contributed by atoms with van der Waals surface area (Å²) >= 11 is 5.58. The molecule has 2 unspecified atom stereocenters. The monoisotopic (exact) mass is 328 g/mol. The maximum atomic E-state index is 13.6. The van der Waals surface area contributed by atoms with E-state index < -0.39 is 5.72 Å². The number of halogens is 1. The fourth-order valence-corrected chi connectivity index (χ4v) is 3.94. The van der Waals surface area contributed by atoms with Crippen LogP contribution in [0.3, 0.4) is 0 Å². The maximum absolute atomic E-state index is 13.6. The van der Waals surface area contributed by atoms with Gasteiger partial charge in [-0.3, -0.25) is 4.90 Å². The minimum Gasteiger partial charge on any atom is -0.467 e. The number of thiocarbonyl (C=S) groups is 1. The van der Waals surface area contributed by atoms with Crippen LogP contribution in [0.5, 0.6) is 5.75 Å². The zero-order valence-electron chi connectivity index (χ0n) is 13.0. The van der Waals surface area contributed by atoms with Crippen molar-refractivity contribution in [1.82, 2.24) is 5.32 Å². The summed E-state index contributed by atoms with van der Waals surface area (Å²) in [4.78, 5) is 2.01. The highest BCUT2D eigenvalue weighted by molar-refractivity contribution is 7.80. The average molecular weight is 328 g/mol. The van der Waals surface area contributed by atoms with Crippen LogP contribution in [-0.4, -0.2) is 10.8 Å². The molecule has 0 amide bonds. The predicted molar refractivity (Wildman–Crippen MR) is 92.2 cm³/mol. The van der Waals surface area contributed by atoms with Crippen LogP contribution in [0.1, 0.15) is 30.5 Å². The molecule has 0 radical (unpaired) electrons. The molecule has 23 heavy (non-hydrogen) atoms. The molecular weight excluding hydrogens is 311 g/mol. The molecular formula is C18H17FN2OS. The molecule has 118 valence electrons. The van der Waals surface area contributed by atoms with Crippen LogP contribution in [0.4, 0.5) is 10.1 Å². The fourth-order valence-electron chi connectivity index (χ4n) is 3.50. The Morgan fingerprint density at radius 2 is 2.13 bits per heavy atom. The standard InChI is InChI=1S/C18H17FN2OS/c1-11-4-3-5-13(8-11)21-17(23)20-15-10-18(21,2)22-16-7-6-12(19)9-14(15)16/h3-9,15H,10H2,1-2H3,(H,20,23). The summed E-state index contributed by atoms with van der Waals surface area (Å²) in [5.41, 5.74) is 2.39. The fraction of sp³-hybridized carbons (Fsp3) is 0.278. The summed E-state index contributed by atoms with van der Waals surface area (Å²) in [6.07, 6.45) is 0.692. The molecule has 2 heterocycles. The summed E-state index contributed by atoms with van der Waals surface area (Å²) in [6, 6.07) is 12.8. The predicted octanol–water partition coefficient (Wildman–Crippen LogP) is 4.07. The molecule has 2 bridgehead atoms. The van der Waals surface area contributed by atoms with Gasteiger partial charge in [0.25, 0.3) is 0 Å². The molecule has 1 saturated heterocycles. The number of ether oxygens (including phenoxy) is 1. The Labute approximate surface area is 140 Å². The van der Waals surface area contributed by atoms with Gasteiger partial charge >= 0.3 is 0 Å². The number of nitrogens with one attached hydrogen (secondary N) is 1. The van der Waals surface area contributed by atoms with Gasteiger partial charge in [-0.15, -0.1) is 0 Å². The quantitative estimate of drug-likeness (QED) is 0.798. The number of fused-ring (bicyclic) bond motifs is 4. The van der Waals surface area contributed by atoms with Crippen molar-refractivity contribution in [2.75, 3.05) is 4.90 Å². The van der Waals surface area contributed by atoms with Crippen LogP contribution in [0, 0.1) is 12.7 Å². The number of nitrogens with zero attached hydrogens (tertiary/aromatic N) is 1. The Bertz CT molecular complexity index is 809. The summed E-state index contributed by atoms with van der Waals surface area (Å²) in [6.45, 7) is 4.08. The third-order valence-corrected chi connectivity index (χ3v) is 4.79. The molecule has 0 aromatic heterocycles. The van der Waals surface area contributed by atoms with E-state index in [9.17, 15) is 4.39 Å². The Hall–Kier alpha value is -2.14. The van der Waals surface area contributed by atoms with E-state index in [2.05, 4.69) is 24.4 Å². The lowest BCUT2D eigenvalue weighted by atomic mass is 9.90. The van der Waals surface area contributed by atoms with Gasteiger partial charge in [0.05, 0.1) is 6.04 Å². The normalized spacial score (nSPS) is 25.4. The van der Waals surface area contributed by atoms with Crippen molar-refractivity contribution in [2.45, 2.75) is 32.0 Å². The molecule has 3 nitrogen and oxygen atoms in total. The summed E-state index contributed by atoms with van der Waals surface area (Å²) in [7, 11) is 0. The van der Waals surface area contributed by atoms with Gasteiger partial charge in [0, 0.05) is 17.7 Å². The van der Waals surface area contributed by atoms with Gasteiger partial charge in [-0.1, -0.05) is 12.1 Å². The zero-order chi connectivity index (χ0) is 16.2. The first-order chi connectivity index (χ1) is 11.0. The second-order valence-electron chi connectivity index (χ2n) is 6.34. The molecule has 2 aliphatic heterocycles. The molecule has 2 aromatic carbocycles. The van der Waals surface area contributed by atoms with Gasteiger partial charge < -0.3 is 10.1 Å². The van der Waals surface area contributed by atoms with Crippen molar-refractivity contribution in [1.29, 1.82) is 0 Å². The van der Waals surface area contributed by atoms with Crippen molar-refractivity contribution >= 4 is 23.0 Å². The molecule has 0 spiro atoms. The first-order valence-electron chi connectivity index (χ1n) is 7.62. The zero-order valence-corrected chi connectivity index (χ0v) is 13.8. The van der Waals surface area contributed by atoms with E-state index in [1.807, 2.05) is 24.0 Å². The largest absolute Gasteiger partial charge is 0.467 e. The van der Waals surface area contributed by atoms with E-state index in [4.69, 9.17) is 17.0 Å². The van der Waals surface area contributed by atoms with Gasteiger partial charge in [0.15, 0.2) is 10.8 Å². The van der Waals surface area contributed by atoms with Crippen molar-refractivity contribution < 1.29 is 9.13 Å². The lowest BCUT2D eigenvalue weighted by molar-refractivity contribution is 0.0495. The van der Waals surface area contributed by atoms with Crippen LogP contribution in [-0.2, 0) is 0 Å². The summed E-state index contributed by atoms with van der Waals surface area (Å²) < 4.78 is 19.8. The Balaban J connectivity index is 1.81. The number of rotatable bonds is 1. The highest BCUT2D eigenvalue weighted by Crippen LogP contribution is 2.45. The van der Waals surface area contributed by atoms with E-state index in [-0.39, 0.29) is 11.9 Å². The lowest BCUT2D eigenvalue weighted by Crippen LogP contribution is -2.65. The summed E-state index contributed by atoms with van der Waals surface area (Å²) in [5.74, 6) is 0.447. The van der Waals surface area contributed by atoms with Crippen LogP contribution < -0.4 is 15.0 Å². The molecule has 2 aliphatic rings. The SMILES string of the molecule is Cc1cccc(N2C(=S)NC3CC2(C)Oc2ccc(F)cc23)c1. The molecule has 0 saturated carbocycles. The Kier molecular flexibility index (Phi) is 3.10. The second-order valence-corrected chi connectivity index (χ2v) is 6.73. The van der Waals surface area contributed by atoms with Crippen molar-refractivity contribution in [3.05, 3.63) is 59.4 Å². The molecule has 4 rings (SSSR count). The van der Waals surface area contributed by atoms with Crippen molar-refractivity contribution in [2.24, 2.45) is 0 Å². The van der Waals surface area contributed by atoms with E-state index in [1.54, 1.807) is 6.07 Å². The van der Waals surface area contributed by atoms with Crippen LogP contribution in [0.15, 0.2) is 42.5 Å². The Morgan fingerprint density at radius 3 is 2.91 bits per heavy atom. The number of aryl methyl sites for hydroxylation is 1. The molecule has 0 aliphatic carbocycles. The van der Waals surface area contributed by atoms with E-state index in [1.165, 1.54) is 12.1 Å². The smallest absolute Gasteiger partial charge is 0.188 e. The van der Waals surface area contributed by atoms with Crippen LogP contribution >= 0.6 is 12.2 Å². The number of benzene rings is 2. The van der Waals surface area contributed by atoms with Crippen LogP contribution in [0.2, 0.25) is 0 Å². The molecule has 5 heteroatoms. The first kappa shape index (κ1) is 14.5. The highest BCUT2D eigenvalue weighted by Gasteiger charge is 2.48. The van der Waals surface area contributed by atoms with Gasteiger partial charge in [0.2, 0.25) is 0 Å². The first-order valence-corrected chi connectivity index (χ1v) is 8.03. The van der Waals surface area contributed by atoms with Crippen LogP contribution in [0.25, 0.3) is 0 Å². The number of hydrogen-bond donors (Lipinski definition) is 1. The Morgan fingerprint density at radius 1 is 1.30 bits per heavy atom. The minimum absolute atomic E-state index is 0.0343. The van der Waals surface area contributed by atoms with Gasteiger partial charge in [-0.05, 0) is 62.0 Å². The highest BCUT2D eigenvalue weighted by atomic mass is 32.1. The van der Waals surface area contributed by atoms with Gasteiger partial charge in [-0.25, -0.2) is 4.39 Å². The molecule has 1 fully saturated rings. The van der Waals surface area contributed by atoms with E-state index >= 15 is 0 Å². The summed E-state index contributed by atoms with van der Waals surface area (Å²) in [5, 5.41) is 3.94. The van der Waals surface area contributed by atoms with Crippen molar-refractivity contribution in [3.8, 4) is 5.75 Å². The second kappa shape index (κ2) is 4.93. The van der Waals surface area contributed by atoms with Gasteiger partial charge in [-0.2, -0.15) is 0 Å². The minimum atomic E-state index is -0.592. The molecule has 2 aromatic rings. The topological polar surface area (TPSA) is 24.5 Å². The third kappa shape index (κ3) is 2.27. The van der Waals surface area contributed by atoms with Gasteiger partial charge in [0.1, 0.15) is 11.6 Å². The maximum Gasteiger partial charge on any atom is 0.188 e. The molecule has 2 atom stereocenters. The van der Waals surface area contributed by atoms with E-state index in [0.717, 1.165) is 16.8 Å². The van der Waals surface area contributed by atoms with Crippen molar-refractivity contribution in [3.63, 3.8) is 0 Å². The third-order valence-electron chi connectivity index (χ3n) is 4.49. The average Bonchev–Trinajstić information content (AvgIpc) is 2.47. The number of anilines is 1. The lowest BCUT2D eigenvalue weighted by Gasteiger charge is -2.52. The number of hydrogen-bond acceptors (Lipinski definition) is 2. The molecule has 1 N–H and O–H groups in total. The van der Waals surface area contributed by atoms with E-state index in [0.29, 0.717) is 17.3 Å².